The lowest BCUT2D eigenvalue weighted by Crippen LogP contribution is -2.12. The highest BCUT2D eigenvalue weighted by atomic mass is 32.1. The summed E-state index contributed by atoms with van der Waals surface area (Å²) in [5.74, 6) is -0.447. The Balaban J connectivity index is 2.30. The molecule has 0 aliphatic heterocycles. The number of alkyl halides is 2. The third-order valence-electron chi connectivity index (χ3n) is 2.86. The van der Waals surface area contributed by atoms with Crippen LogP contribution in [0.1, 0.15) is 34.8 Å². The van der Waals surface area contributed by atoms with Crippen molar-refractivity contribution >= 4 is 18.8 Å². The average Bonchev–Trinajstić information content (AvgIpc) is 2.90. The Morgan fingerprint density at radius 3 is 2.77 bits per heavy atom. The minimum Gasteiger partial charge on any atom is -0.472 e. The van der Waals surface area contributed by atoms with Gasteiger partial charge in [-0.3, -0.25) is 0 Å². The molecule has 0 atom stereocenters. The van der Waals surface area contributed by atoms with Gasteiger partial charge in [0, 0.05) is 23.4 Å². The molecule has 0 bridgehead atoms. The number of thiol groups is 1. The van der Waals surface area contributed by atoms with Crippen molar-refractivity contribution in [3.05, 3.63) is 47.2 Å². The van der Waals surface area contributed by atoms with Crippen molar-refractivity contribution in [1.29, 1.82) is 0 Å². The Morgan fingerprint density at radius 2 is 2.18 bits per heavy atom. The van der Waals surface area contributed by atoms with E-state index in [-0.39, 0.29) is 35.8 Å². The molecular formula is C14H14F2N2O3S. The molecule has 1 aromatic heterocycles. The van der Waals surface area contributed by atoms with Gasteiger partial charge in [-0.15, -0.1) is 5.10 Å². The summed E-state index contributed by atoms with van der Waals surface area (Å²) in [4.78, 5) is 11.9. The molecule has 0 saturated carbocycles. The molecule has 0 aliphatic carbocycles. The summed E-state index contributed by atoms with van der Waals surface area (Å²) in [7, 11) is 0. The van der Waals surface area contributed by atoms with Crippen molar-refractivity contribution in [2.45, 2.75) is 20.0 Å². The maximum absolute atomic E-state index is 13.1. The minimum absolute atomic E-state index is 0.0601. The largest absolute Gasteiger partial charge is 0.472 e. The quantitative estimate of drug-likeness (QED) is 0.653. The molecule has 8 heteroatoms. The van der Waals surface area contributed by atoms with Gasteiger partial charge in [0.1, 0.15) is 6.61 Å². The van der Waals surface area contributed by atoms with Gasteiger partial charge in [-0.1, -0.05) is 12.1 Å². The Kier molecular flexibility index (Phi) is 5.37. The summed E-state index contributed by atoms with van der Waals surface area (Å²) in [6.45, 7) is 1.58. The van der Waals surface area contributed by atoms with Crippen LogP contribution in [0.15, 0.2) is 30.5 Å². The zero-order valence-electron chi connectivity index (χ0n) is 11.7. The van der Waals surface area contributed by atoms with Crippen LogP contribution in [0, 0.1) is 0 Å². The van der Waals surface area contributed by atoms with Crippen molar-refractivity contribution in [1.82, 2.24) is 9.19 Å². The van der Waals surface area contributed by atoms with E-state index < -0.39 is 12.4 Å². The van der Waals surface area contributed by atoms with Gasteiger partial charge in [0.25, 0.3) is 6.43 Å². The lowest BCUT2D eigenvalue weighted by molar-refractivity contribution is 0.0522. The summed E-state index contributed by atoms with van der Waals surface area (Å²) < 4.78 is 37.8. The van der Waals surface area contributed by atoms with Gasteiger partial charge in [0.2, 0.25) is 5.88 Å². The molecule has 0 saturated heterocycles. The van der Waals surface area contributed by atoms with E-state index in [1.165, 1.54) is 34.5 Å². The van der Waals surface area contributed by atoms with Crippen LogP contribution in [-0.2, 0) is 11.3 Å². The van der Waals surface area contributed by atoms with Gasteiger partial charge in [-0.25, -0.2) is 17.7 Å². The van der Waals surface area contributed by atoms with Crippen molar-refractivity contribution in [2.24, 2.45) is 0 Å². The van der Waals surface area contributed by atoms with Gasteiger partial charge in [0.05, 0.1) is 12.2 Å². The molecule has 0 aliphatic rings. The number of carbonyl (C=O) groups excluding carboxylic acids is 1. The van der Waals surface area contributed by atoms with Crippen LogP contribution in [-0.4, -0.2) is 21.8 Å². The molecule has 5 nitrogen and oxygen atoms in total. The Hall–Kier alpha value is -2.09. The van der Waals surface area contributed by atoms with E-state index in [2.05, 4.69) is 17.9 Å². The van der Waals surface area contributed by atoms with Crippen molar-refractivity contribution in [2.75, 3.05) is 6.61 Å². The number of benzene rings is 1. The van der Waals surface area contributed by atoms with Gasteiger partial charge >= 0.3 is 5.97 Å². The van der Waals surface area contributed by atoms with Crippen molar-refractivity contribution < 1.29 is 23.0 Å². The van der Waals surface area contributed by atoms with Crippen LogP contribution in [0.3, 0.4) is 0 Å². The molecule has 0 radical (unpaired) electrons. The Labute approximate surface area is 131 Å². The topological polar surface area (TPSA) is 53.4 Å². The number of esters is 1. The van der Waals surface area contributed by atoms with Gasteiger partial charge < -0.3 is 9.47 Å². The summed E-state index contributed by atoms with van der Waals surface area (Å²) >= 11 is 3.95. The monoisotopic (exact) mass is 328 g/mol. The summed E-state index contributed by atoms with van der Waals surface area (Å²) in [5.41, 5.74) is -0.120. The molecule has 0 unspecified atom stereocenters. The lowest BCUT2D eigenvalue weighted by atomic mass is 10.0. The Morgan fingerprint density at radius 1 is 1.41 bits per heavy atom. The number of rotatable bonds is 6. The first kappa shape index (κ1) is 16.3. The molecule has 2 rings (SSSR count). The lowest BCUT2D eigenvalue weighted by Gasteiger charge is -2.13. The van der Waals surface area contributed by atoms with E-state index in [0.717, 1.165) is 0 Å². The second-order valence-electron chi connectivity index (χ2n) is 4.26. The predicted octanol–water partition coefficient (Wildman–Crippen LogP) is 3.27. The highest BCUT2D eigenvalue weighted by Crippen LogP contribution is 2.27. The second-order valence-corrected chi connectivity index (χ2v) is 4.67. The summed E-state index contributed by atoms with van der Waals surface area (Å²) in [6, 6.07) is 5.60. The van der Waals surface area contributed by atoms with E-state index in [1.54, 1.807) is 6.92 Å². The van der Waals surface area contributed by atoms with E-state index in [1.807, 2.05) is 0 Å². The van der Waals surface area contributed by atoms with Gasteiger partial charge in [0.15, 0.2) is 0 Å². The van der Waals surface area contributed by atoms with E-state index in [9.17, 15) is 13.6 Å². The van der Waals surface area contributed by atoms with Crippen LogP contribution < -0.4 is 4.74 Å². The fourth-order valence-corrected chi connectivity index (χ4v) is 2.05. The van der Waals surface area contributed by atoms with Gasteiger partial charge in [-0.05, 0) is 25.8 Å². The fraction of sp³-hybridized carbons (Fsp3) is 0.286. The molecule has 0 N–H and O–H groups in total. The highest BCUT2D eigenvalue weighted by Gasteiger charge is 2.21. The first-order valence-corrected chi connectivity index (χ1v) is 6.87. The molecule has 0 fully saturated rings. The number of halogens is 2. The normalized spacial score (nSPS) is 10.8. The number of carbonyl (C=O) groups is 1. The van der Waals surface area contributed by atoms with Crippen LogP contribution in [0.25, 0.3) is 0 Å². The van der Waals surface area contributed by atoms with E-state index in [0.29, 0.717) is 0 Å². The predicted molar refractivity (Wildman–Crippen MR) is 78.3 cm³/mol. The number of aromatic nitrogens is 2. The third-order valence-corrected chi connectivity index (χ3v) is 3.08. The highest BCUT2D eigenvalue weighted by molar-refractivity contribution is 7.78. The molecule has 1 aromatic carbocycles. The fourth-order valence-electron chi connectivity index (χ4n) is 1.89. The minimum atomic E-state index is -2.73. The summed E-state index contributed by atoms with van der Waals surface area (Å²) in [6.07, 6.45) is -1.20. The number of ether oxygens (including phenoxy) is 2. The van der Waals surface area contributed by atoms with Crippen LogP contribution in [0.4, 0.5) is 8.78 Å². The summed E-state index contributed by atoms with van der Waals surface area (Å²) in [5, 5.41) is 3.87. The Bertz CT molecular complexity index is 661. The van der Waals surface area contributed by atoms with Crippen molar-refractivity contribution in [3.8, 4) is 5.88 Å². The molecule has 22 heavy (non-hydrogen) atoms. The van der Waals surface area contributed by atoms with Crippen LogP contribution in [0.2, 0.25) is 0 Å². The molecular weight excluding hydrogens is 314 g/mol. The molecule has 0 spiro atoms. The first-order chi connectivity index (χ1) is 10.5. The van der Waals surface area contributed by atoms with Crippen molar-refractivity contribution in [3.63, 3.8) is 0 Å². The molecule has 118 valence electrons. The zero-order valence-corrected chi connectivity index (χ0v) is 12.6. The smallest absolute Gasteiger partial charge is 0.338 e. The third kappa shape index (κ3) is 3.76. The first-order valence-electron chi connectivity index (χ1n) is 6.47. The van der Waals surface area contributed by atoms with Crippen LogP contribution in [0.5, 0.6) is 5.88 Å². The standard InChI is InChI=1S/C14H14F2N2O3S/c1-2-20-14(19)10-5-3-4-9(13(15)16)11(10)8-21-12-6-7-18(22)17-12/h3-7,13,22H,2,8H2,1H3. The zero-order chi connectivity index (χ0) is 16.1. The van der Waals surface area contributed by atoms with E-state index in [4.69, 9.17) is 9.47 Å². The number of hydrogen-bond donors (Lipinski definition) is 1. The van der Waals surface area contributed by atoms with E-state index >= 15 is 0 Å². The van der Waals surface area contributed by atoms with Gasteiger partial charge in [-0.2, -0.15) is 0 Å². The molecule has 1 heterocycles. The maximum atomic E-state index is 13.1. The SMILES string of the molecule is CCOC(=O)c1cccc(C(F)F)c1COc1ccn(S)n1. The molecule has 2 aromatic rings. The van der Waals surface area contributed by atoms with Crippen LogP contribution >= 0.6 is 12.8 Å². The second kappa shape index (κ2) is 7.26. The maximum Gasteiger partial charge on any atom is 0.338 e. The number of hydrogen-bond acceptors (Lipinski definition) is 5. The molecule has 0 amide bonds. The number of nitrogens with zero attached hydrogens (tertiary/aromatic N) is 2. The average molecular weight is 328 g/mol.